The van der Waals surface area contributed by atoms with E-state index in [2.05, 4.69) is 62.7 Å². The van der Waals surface area contributed by atoms with E-state index < -0.39 is 11.9 Å². The zero-order valence-corrected chi connectivity index (χ0v) is 27.7. The molecule has 236 valence electrons. The number of nitrogens with one attached hydrogen (secondary N) is 2. The van der Waals surface area contributed by atoms with Gasteiger partial charge in [-0.05, 0) is 70.0 Å². The summed E-state index contributed by atoms with van der Waals surface area (Å²) in [6.45, 7) is 8.68. The Morgan fingerprint density at radius 2 is 1.78 bits per heavy atom. The van der Waals surface area contributed by atoms with Crippen LogP contribution in [0, 0.1) is 17.1 Å². The summed E-state index contributed by atoms with van der Waals surface area (Å²) >= 11 is 19.4. The van der Waals surface area contributed by atoms with Crippen LogP contribution in [-0.2, 0) is 0 Å². The van der Waals surface area contributed by atoms with Gasteiger partial charge in [0.25, 0.3) is 0 Å². The summed E-state index contributed by atoms with van der Waals surface area (Å²) < 4.78 is 15.8. The van der Waals surface area contributed by atoms with Gasteiger partial charge >= 0.3 is 0 Å². The number of hydrogen-bond donors (Lipinski definition) is 2. The minimum absolute atomic E-state index is 0.0498. The number of piperidine rings is 1. The van der Waals surface area contributed by atoms with Crippen molar-refractivity contribution in [2.45, 2.75) is 51.2 Å². The zero-order chi connectivity index (χ0) is 32.6. The van der Waals surface area contributed by atoms with Crippen LogP contribution in [0.15, 0.2) is 61.1 Å². The second kappa shape index (κ2) is 13.0. The molecule has 1 saturated heterocycles. The molecule has 0 aliphatic carbocycles. The molecule has 1 unspecified atom stereocenters. The molecule has 6 rings (SSSR count). The summed E-state index contributed by atoms with van der Waals surface area (Å²) in [6.07, 6.45) is 6.97. The number of aromatic nitrogens is 5. The number of halogens is 4. The molecule has 0 radical (unpaired) electrons. The first-order valence-electron chi connectivity index (χ1n) is 14.8. The summed E-state index contributed by atoms with van der Waals surface area (Å²) in [7, 11) is 0. The van der Waals surface area contributed by atoms with E-state index in [1.807, 2.05) is 29.1 Å². The van der Waals surface area contributed by atoms with Crippen molar-refractivity contribution in [1.29, 1.82) is 5.26 Å². The molecule has 0 bridgehead atoms. The van der Waals surface area contributed by atoms with Gasteiger partial charge in [-0.15, -0.1) is 5.10 Å². The van der Waals surface area contributed by atoms with Crippen LogP contribution in [0.5, 0.6) is 0 Å². The summed E-state index contributed by atoms with van der Waals surface area (Å²) in [5, 5.41) is 27.0. The van der Waals surface area contributed by atoms with Crippen molar-refractivity contribution in [3.8, 4) is 6.07 Å². The summed E-state index contributed by atoms with van der Waals surface area (Å²) in [5.41, 5.74) is 3.80. The fourth-order valence-corrected chi connectivity index (χ4v) is 6.45. The lowest BCUT2D eigenvalue weighted by Gasteiger charge is -2.40. The van der Waals surface area contributed by atoms with E-state index in [-0.39, 0.29) is 22.2 Å². The zero-order valence-electron chi connectivity index (χ0n) is 25.4. The maximum absolute atomic E-state index is 13.9. The number of likely N-dealkylation sites (tertiary alicyclic amines) is 1. The third kappa shape index (κ3) is 6.60. The Bertz CT molecular complexity index is 1940. The summed E-state index contributed by atoms with van der Waals surface area (Å²) in [5.74, 6) is -0.547. The lowest BCUT2D eigenvalue weighted by atomic mass is 9.98. The molecular formula is C33H31Cl3FN9. The lowest BCUT2D eigenvalue weighted by Crippen LogP contribution is -2.46. The molecule has 1 aliphatic rings. The molecular weight excluding hydrogens is 648 g/mol. The van der Waals surface area contributed by atoms with E-state index in [9.17, 15) is 9.65 Å². The van der Waals surface area contributed by atoms with Crippen molar-refractivity contribution in [2.75, 3.05) is 23.7 Å². The Hall–Kier alpha value is -4.01. The van der Waals surface area contributed by atoms with Crippen LogP contribution >= 0.6 is 34.8 Å². The maximum Gasteiger partial charge on any atom is 0.141 e. The van der Waals surface area contributed by atoms with Gasteiger partial charge in [0.15, 0.2) is 0 Å². The number of hydrogen-bond acceptors (Lipinski definition) is 8. The van der Waals surface area contributed by atoms with E-state index in [1.165, 1.54) is 24.4 Å². The molecule has 46 heavy (non-hydrogen) atoms. The molecule has 1 aliphatic heterocycles. The van der Waals surface area contributed by atoms with Gasteiger partial charge in [-0.25, -0.2) is 14.1 Å². The lowest BCUT2D eigenvalue weighted by molar-refractivity contribution is 0.0866. The third-order valence-corrected chi connectivity index (χ3v) is 9.15. The van der Waals surface area contributed by atoms with Crippen LogP contribution in [0.3, 0.4) is 0 Å². The number of rotatable bonds is 7. The SMILES string of the molecule is CC(C)(C)N1CCC(n2cc(C(Nc3cc(Cl)c4ncc(C#N)c(Nc5ccc(F)c(Cl)c5)c4c3)c3cccnc3Cl)nn2)CC1. The Morgan fingerprint density at radius 3 is 2.48 bits per heavy atom. The summed E-state index contributed by atoms with van der Waals surface area (Å²) in [6, 6.07) is 13.4. The fraction of sp³-hybridized carbons (Fsp3) is 0.303. The molecule has 2 N–H and O–H groups in total. The van der Waals surface area contributed by atoms with Gasteiger partial charge in [0.2, 0.25) is 0 Å². The number of anilines is 3. The number of benzene rings is 2. The Balaban J connectivity index is 1.37. The first-order chi connectivity index (χ1) is 22.0. The highest BCUT2D eigenvalue weighted by atomic mass is 35.5. The monoisotopic (exact) mass is 677 g/mol. The standard InChI is InChI=1S/C33H31Cl3FN9/c1-33(2,3)45-11-8-22(9-12-45)46-18-28(43-44-46)31(23-5-4-10-39-32(23)36)42-21-13-24-29(41-20-6-7-27(37)25(34)14-20)19(16-38)17-40-30(24)26(35)15-21/h4-7,10,13-15,17-18,22,31,42H,8-9,11-12H2,1-3H3,(H,40,41). The van der Waals surface area contributed by atoms with Gasteiger partial charge in [0.05, 0.1) is 39.1 Å². The van der Waals surface area contributed by atoms with E-state index in [4.69, 9.17) is 34.8 Å². The quantitative estimate of drug-likeness (QED) is 0.165. The third-order valence-electron chi connectivity index (χ3n) is 8.26. The van der Waals surface area contributed by atoms with Crippen molar-refractivity contribution in [3.05, 3.63) is 98.9 Å². The highest BCUT2D eigenvalue weighted by Crippen LogP contribution is 2.38. The van der Waals surface area contributed by atoms with Crippen LogP contribution in [-0.4, -0.2) is 48.5 Å². The second-order valence-corrected chi connectivity index (χ2v) is 13.4. The Kier molecular flexibility index (Phi) is 9.03. The molecule has 3 aromatic heterocycles. The number of nitriles is 1. The first-order valence-corrected chi connectivity index (χ1v) is 15.9. The molecule has 0 spiro atoms. The number of fused-ring (bicyclic) bond motifs is 1. The largest absolute Gasteiger partial charge is 0.373 e. The molecule has 4 heterocycles. The molecule has 5 aromatic rings. The van der Waals surface area contributed by atoms with E-state index in [0.29, 0.717) is 49.4 Å². The van der Waals surface area contributed by atoms with Crippen LogP contribution in [0.2, 0.25) is 15.2 Å². The first kappa shape index (κ1) is 32.0. The molecule has 0 amide bonds. The van der Waals surface area contributed by atoms with Crippen LogP contribution in [0.1, 0.15) is 62.5 Å². The normalized spacial score (nSPS) is 15.1. The molecule has 9 nitrogen and oxygen atoms in total. The van der Waals surface area contributed by atoms with Crippen molar-refractivity contribution in [2.24, 2.45) is 0 Å². The van der Waals surface area contributed by atoms with E-state index in [1.54, 1.807) is 12.3 Å². The molecule has 2 aromatic carbocycles. The predicted molar refractivity (Wildman–Crippen MR) is 180 cm³/mol. The Morgan fingerprint density at radius 1 is 1.02 bits per heavy atom. The molecule has 13 heteroatoms. The average molecular weight is 679 g/mol. The van der Waals surface area contributed by atoms with Crippen LogP contribution in [0.4, 0.5) is 21.5 Å². The topological polar surface area (TPSA) is 108 Å². The highest BCUT2D eigenvalue weighted by molar-refractivity contribution is 6.36. The van der Waals surface area contributed by atoms with Gasteiger partial charge in [0.1, 0.15) is 28.8 Å². The minimum atomic E-state index is -0.547. The maximum atomic E-state index is 13.9. The molecule has 1 atom stereocenters. The fourth-order valence-electron chi connectivity index (χ4n) is 5.77. The van der Waals surface area contributed by atoms with E-state index in [0.717, 1.165) is 25.9 Å². The van der Waals surface area contributed by atoms with Gasteiger partial charge in [-0.1, -0.05) is 46.1 Å². The van der Waals surface area contributed by atoms with Crippen molar-refractivity contribution in [1.82, 2.24) is 29.9 Å². The second-order valence-electron chi connectivity index (χ2n) is 12.2. The highest BCUT2D eigenvalue weighted by Gasteiger charge is 2.29. The van der Waals surface area contributed by atoms with Gasteiger partial charge < -0.3 is 10.6 Å². The number of pyridine rings is 2. The van der Waals surface area contributed by atoms with Crippen molar-refractivity contribution < 1.29 is 4.39 Å². The smallest absolute Gasteiger partial charge is 0.141 e. The van der Waals surface area contributed by atoms with E-state index >= 15 is 0 Å². The molecule has 1 fully saturated rings. The minimum Gasteiger partial charge on any atom is -0.373 e. The average Bonchev–Trinajstić information content (AvgIpc) is 3.52. The van der Waals surface area contributed by atoms with Crippen molar-refractivity contribution >= 4 is 62.8 Å². The Labute approximate surface area is 281 Å². The molecule has 0 saturated carbocycles. The van der Waals surface area contributed by atoms with Gasteiger partial charge in [-0.3, -0.25) is 9.88 Å². The number of nitrogens with zero attached hydrogens (tertiary/aromatic N) is 7. The van der Waals surface area contributed by atoms with Crippen LogP contribution < -0.4 is 10.6 Å². The van der Waals surface area contributed by atoms with Gasteiger partial charge in [-0.2, -0.15) is 5.26 Å². The summed E-state index contributed by atoms with van der Waals surface area (Å²) in [4.78, 5) is 11.2. The van der Waals surface area contributed by atoms with Gasteiger partial charge in [0, 0.05) is 53.3 Å². The van der Waals surface area contributed by atoms with Crippen molar-refractivity contribution in [3.63, 3.8) is 0 Å². The predicted octanol–water partition coefficient (Wildman–Crippen LogP) is 8.57. The van der Waals surface area contributed by atoms with Crippen LogP contribution in [0.25, 0.3) is 10.9 Å².